The van der Waals surface area contributed by atoms with Crippen molar-refractivity contribution >= 4 is 28.8 Å². The van der Waals surface area contributed by atoms with Crippen LogP contribution >= 0.6 is 11.3 Å². The lowest BCUT2D eigenvalue weighted by molar-refractivity contribution is 0.0737. The smallest absolute Gasteiger partial charge is 0.265 e. The van der Waals surface area contributed by atoms with Gasteiger partial charge in [-0.3, -0.25) is 9.59 Å². The predicted molar refractivity (Wildman–Crippen MR) is 100.0 cm³/mol. The number of likely N-dealkylation sites (tertiary alicyclic amines) is 1. The molecule has 0 unspecified atom stereocenters. The van der Waals surface area contributed by atoms with Crippen molar-refractivity contribution in [2.45, 2.75) is 32.7 Å². The number of hydrogen-bond donors (Lipinski definition) is 1. The normalized spacial score (nSPS) is 16.7. The summed E-state index contributed by atoms with van der Waals surface area (Å²) in [6.45, 7) is 4.24. The molecule has 0 spiro atoms. The summed E-state index contributed by atoms with van der Waals surface area (Å²) in [5.74, 6) is 0.332. The number of aryl methyl sites for hydroxylation is 2. The van der Waals surface area contributed by atoms with E-state index < -0.39 is 0 Å². The number of furan rings is 1. The second kappa shape index (κ2) is 7.03. The molecule has 0 saturated carbocycles. The van der Waals surface area contributed by atoms with Gasteiger partial charge in [0.1, 0.15) is 17.6 Å². The van der Waals surface area contributed by atoms with Crippen LogP contribution in [0.3, 0.4) is 0 Å². The lowest BCUT2D eigenvalue weighted by Gasteiger charge is -2.23. The molecule has 1 aliphatic heterocycles. The van der Waals surface area contributed by atoms with E-state index in [1.54, 1.807) is 26.0 Å². The molecule has 0 aliphatic carbocycles. The van der Waals surface area contributed by atoms with Gasteiger partial charge in [0.15, 0.2) is 5.76 Å². The van der Waals surface area contributed by atoms with Gasteiger partial charge in [-0.25, -0.2) is 0 Å². The highest BCUT2D eigenvalue weighted by molar-refractivity contribution is 7.14. The minimum Gasteiger partial charge on any atom is -0.472 e. The number of nitrogens with one attached hydrogen (secondary N) is 1. The maximum Gasteiger partial charge on any atom is 0.265 e. The number of aromatic nitrogens is 1. The molecule has 1 fully saturated rings. The van der Waals surface area contributed by atoms with Crippen LogP contribution in [0.4, 0.5) is 5.69 Å². The summed E-state index contributed by atoms with van der Waals surface area (Å²) in [6.07, 6.45) is 4.79. The summed E-state index contributed by atoms with van der Waals surface area (Å²) in [5, 5.41) is 6.70. The van der Waals surface area contributed by atoms with Crippen LogP contribution < -0.4 is 5.32 Å². The second-order valence-corrected chi connectivity index (χ2v) is 7.64. The molecule has 3 aromatic rings. The van der Waals surface area contributed by atoms with Gasteiger partial charge in [0.2, 0.25) is 0 Å². The standard InChI is InChI=1S/C19H19N3O4S/c1-11-17(12(2)26-21-11)20-18(23)16-6-5-15(27-16)14-4-3-8-22(14)19(24)13-7-9-25-10-13/h5-7,9-10,14H,3-4,8H2,1-2H3,(H,20,23)/t14-/m0/s1. The molecule has 4 heterocycles. The maximum atomic E-state index is 12.7. The zero-order valence-corrected chi connectivity index (χ0v) is 15.8. The Hall–Kier alpha value is -2.87. The van der Waals surface area contributed by atoms with E-state index in [-0.39, 0.29) is 17.9 Å². The summed E-state index contributed by atoms with van der Waals surface area (Å²) in [6, 6.07) is 5.39. The lowest BCUT2D eigenvalue weighted by atomic mass is 10.1. The minimum atomic E-state index is -0.202. The second-order valence-electron chi connectivity index (χ2n) is 6.52. The number of nitrogens with zero attached hydrogens (tertiary/aromatic N) is 2. The van der Waals surface area contributed by atoms with Crippen molar-refractivity contribution in [2.75, 3.05) is 11.9 Å². The van der Waals surface area contributed by atoms with Gasteiger partial charge in [-0.1, -0.05) is 5.16 Å². The molecule has 140 valence electrons. The third-order valence-corrected chi connectivity index (χ3v) is 5.92. The Morgan fingerprint density at radius 2 is 2.15 bits per heavy atom. The molecule has 3 aromatic heterocycles. The first-order valence-electron chi connectivity index (χ1n) is 8.71. The van der Waals surface area contributed by atoms with Crippen LogP contribution in [-0.2, 0) is 0 Å². The van der Waals surface area contributed by atoms with Crippen LogP contribution in [0.15, 0.2) is 39.7 Å². The number of hydrogen-bond acceptors (Lipinski definition) is 6. The summed E-state index contributed by atoms with van der Waals surface area (Å²) in [4.78, 5) is 28.7. The number of anilines is 1. The van der Waals surface area contributed by atoms with E-state index in [1.807, 2.05) is 11.0 Å². The Balaban J connectivity index is 1.51. The Morgan fingerprint density at radius 3 is 2.85 bits per heavy atom. The van der Waals surface area contributed by atoms with Gasteiger partial charge in [-0.15, -0.1) is 11.3 Å². The van der Waals surface area contributed by atoms with Crippen molar-refractivity contribution in [3.8, 4) is 0 Å². The molecule has 7 nitrogen and oxygen atoms in total. The van der Waals surface area contributed by atoms with E-state index >= 15 is 0 Å². The number of carbonyl (C=O) groups is 2. The Kier molecular flexibility index (Phi) is 4.57. The number of amides is 2. The van der Waals surface area contributed by atoms with E-state index in [4.69, 9.17) is 8.94 Å². The molecule has 8 heteroatoms. The van der Waals surface area contributed by atoms with Gasteiger partial charge in [0.25, 0.3) is 11.8 Å². The topological polar surface area (TPSA) is 88.6 Å². The minimum absolute atomic E-state index is 0.0157. The molecule has 0 bridgehead atoms. The van der Waals surface area contributed by atoms with Crippen LogP contribution in [-0.4, -0.2) is 28.4 Å². The fraction of sp³-hybridized carbons (Fsp3) is 0.316. The number of rotatable bonds is 4. The maximum absolute atomic E-state index is 12.7. The fourth-order valence-electron chi connectivity index (χ4n) is 3.35. The molecule has 2 amide bonds. The fourth-order valence-corrected chi connectivity index (χ4v) is 4.40. The average Bonchev–Trinajstić information content (AvgIpc) is 3.44. The molecule has 1 aliphatic rings. The van der Waals surface area contributed by atoms with E-state index in [0.717, 1.165) is 17.7 Å². The van der Waals surface area contributed by atoms with E-state index in [9.17, 15) is 9.59 Å². The largest absolute Gasteiger partial charge is 0.472 e. The van der Waals surface area contributed by atoms with Crippen LogP contribution in [0, 0.1) is 13.8 Å². The zero-order valence-electron chi connectivity index (χ0n) is 15.0. The van der Waals surface area contributed by atoms with Crippen molar-refractivity contribution in [3.05, 3.63) is 57.5 Å². The van der Waals surface area contributed by atoms with Gasteiger partial charge in [-0.2, -0.15) is 0 Å². The summed E-state index contributed by atoms with van der Waals surface area (Å²) in [7, 11) is 0. The van der Waals surface area contributed by atoms with Crippen LogP contribution in [0.5, 0.6) is 0 Å². The third-order valence-electron chi connectivity index (χ3n) is 4.73. The highest BCUT2D eigenvalue weighted by atomic mass is 32.1. The molecule has 4 rings (SSSR count). The van der Waals surface area contributed by atoms with Gasteiger partial charge in [0, 0.05) is 11.4 Å². The van der Waals surface area contributed by atoms with Crippen molar-refractivity contribution < 1.29 is 18.5 Å². The van der Waals surface area contributed by atoms with E-state index in [1.165, 1.54) is 23.9 Å². The van der Waals surface area contributed by atoms with E-state index in [0.29, 0.717) is 34.1 Å². The first-order chi connectivity index (χ1) is 13.0. The monoisotopic (exact) mass is 385 g/mol. The molecular weight excluding hydrogens is 366 g/mol. The lowest BCUT2D eigenvalue weighted by Crippen LogP contribution is -2.29. The average molecular weight is 385 g/mol. The van der Waals surface area contributed by atoms with Crippen LogP contribution in [0.2, 0.25) is 0 Å². The van der Waals surface area contributed by atoms with Gasteiger partial charge in [-0.05, 0) is 44.9 Å². The van der Waals surface area contributed by atoms with Crippen molar-refractivity contribution in [1.29, 1.82) is 0 Å². The predicted octanol–water partition coefficient (Wildman–Crippen LogP) is 4.18. The van der Waals surface area contributed by atoms with Crippen molar-refractivity contribution in [1.82, 2.24) is 10.1 Å². The quantitative estimate of drug-likeness (QED) is 0.728. The Labute approximate surface area is 159 Å². The SMILES string of the molecule is Cc1noc(C)c1NC(=O)c1ccc([C@@H]2CCCN2C(=O)c2ccoc2)s1. The molecule has 0 radical (unpaired) electrons. The molecule has 0 aromatic carbocycles. The van der Waals surface area contributed by atoms with Crippen molar-refractivity contribution in [2.24, 2.45) is 0 Å². The van der Waals surface area contributed by atoms with E-state index in [2.05, 4.69) is 10.5 Å². The molecular formula is C19H19N3O4S. The summed E-state index contributed by atoms with van der Waals surface area (Å²) in [5.41, 5.74) is 1.80. The van der Waals surface area contributed by atoms with Gasteiger partial charge >= 0.3 is 0 Å². The van der Waals surface area contributed by atoms with Crippen LogP contribution in [0.1, 0.15) is 55.2 Å². The zero-order chi connectivity index (χ0) is 19.0. The Bertz CT molecular complexity index is 954. The highest BCUT2D eigenvalue weighted by Crippen LogP contribution is 2.37. The van der Waals surface area contributed by atoms with Crippen LogP contribution in [0.25, 0.3) is 0 Å². The van der Waals surface area contributed by atoms with Gasteiger partial charge in [0.05, 0.1) is 22.7 Å². The number of thiophene rings is 1. The first kappa shape index (κ1) is 17.5. The number of carbonyl (C=O) groups excluding carboxylic acids is 2. The molecule has 1 N–H and O–H groups in total. The molecule has 1 atom stereocenters. The molecule has 1 saturated heterocycles. The van der Waals surface area contributed by atoms with Gasteiger partial charge < -0.3 is 19.2 Å². The Morgan fingerprint density at radius 1 is 1.30 bits per heavy atom. The first-order valence-corrected chi connectivity index (χ1v) is 9.53. The van der Waals surface area contributed by atoms with Crippen molar-refractivity contribution in [3.63, 3.8) is 0 Å². The molecule has 27 heavy (non-hydrogen) atoms. The summed E-state index contributed by atoms with van der Waals surface area (Å²) >= 11 is 1.41. The highest BCUT2D eigenvalue weighted by Gasteiger charge is 2.32. The third kappa shape index (κ3) is 3.28. The summed E-state index contributed by atoms with van der Waals surface area (Å²) < 4.78 is 10.1.